The average Bonchev–Trinajstić information content (AvgIpc) is 2.83. The Bertz CT molecular complexity index is 873. The third kappa shape index (κ3) is 14.2. The zero-order chi connectivity index (χ0) is 28.6. The molecule has 0 N–H and O–H groups in total. The van der Waals surface area contributed by atoms with Crippen LogP contribution in [0.15, 0.2) is 85.0 Å². The minimum Gasteiger partial charge on any atom is -0.465 e. The largest absolute Gasteiger partial charge is 0.465 e. The van der Waals surface area contributed by atoms with Gasteiger partial charge in [0.15, 0.2) is 6.29 Å². The first-order valence-electron chi connectivity index (χ1n) is 13.6. The second kappa shape index (κ2) is 17.2. The number of hydrogen-bond donors (Lipinski definition) is 0. The lowest BCUT2D eigenvalue weighted by molar-refractivity contribution is -0.0819. The highest BCUT2D eigenvalue weighted by atomic mass is 16.7. The molecule has 3 nitrogen and oxygen atoms in total. The third-order valence-corrected chi connectivity index (χ3v) is 5.84. The van der Waals surface area contributed by atoms with Crippen LogP contribution < -0.4 is 4.74 Å². The molecule has 0 amide bonds. The first kappa shape index (κ1) is 34.6. The standard InChI is InChI=1S/C32H48O3.C2H6/c1-12-14-15-24(3)25(4)27(13-2)23-33-20-21-34-26(5)35-29-18-16-28(17-19-29)30(32(9,10)11)22-31(6,7)8;1-2/h12-19,26,30H,1,3-4,20-23H2,2,5-11H3;1-2H3/b15-14-,27-13-;. The second-order valence-corrected chi connectivity index (χ2v) is 11.3. The van der Waals surface area contributed by atoms with Crippen LogP contribution in [0.25, 0.3) is 0 Å². The van der Waals surface area contributed by atoms with Gasteiger partial charge in [-0.05, 0) is 71.4 Å². The van der Waals surface area contributed by atoms with E-state index in [1.165, 1.54) is 5.56 Å². The Labute approximate surface area is 229 Å². The van der Waals surface area contributed by atoms with E-state index in [0.717, 1.165) is 28.9 Å². The molecule has 3 heteroatoms. The number of benzene rings is 1. The van der Waals surface area contributed by atoms with E-state index < -0.39 is 0 Å². The highest BCUT2D eigenvalue weighted by molar-refractivity contribution is 5.49. The van der Waals surface area contributed by atoms with Crippen molar-refractivity contribution in [3.8, 4) is 5.75 Å². The SMILES string of the molecule is C=C/C=C\C(=C)C(=C)/C(=C\C)COCCOC(C)Oc1ccc(C(CC(C)(C)C)C(C)(C)C)cc1.CC. The summed E-state index contributed by atoms with van der Waals surface area (Å²) in [5.74, 6) is 1.29. The molecule has 2 atom stereocenters. The van der Waals surface area contributed by atoms with Crippen LogP contribution in [0.5, 0.6) is 5.75 Å². The van der Waals surface area contributed by atoms with E-state index in [1.807, 2.05) is 58.1 Å². The van der Waals surface area contributed by atoms with Crippen LogP contribution in [0.2, 0.25) is 0 Å². The van der Waals surface area contributed by atoms with Gasteiger partial charge < -0.3 is 14.2 Å². The summed E-state index contributed by atoms with van der Waals surface area (Å²) in [5, 5.41) is 0. The van der Waals surface area contributed by atoms with Crippen LogP contribution in [-0.2, 0) is 9.47 Å². The maximum Gasteiger partial charge on any atom is 0.197 e. The van der Waals surface area contributed by atoms with Gasteiger partial charge in [-0.15, -0.1) is 0 Å². The van der Waals surface area contributed by atoms with Gasteiger partial charge in [-0.3, -0.25) is 0 Å². The predicted octanol–water partition coefficient (Wildman–Crippen LogP) is 9.84. The minimum absolute atomic E-state index is 0.195. The molecule has 0 saturated heterocycles. The molecular weight excluding hydrogens is 456 g/mol. The van der Waals surface area contributed by atoms with Crippen LogP contribution in [-0.4, -0.2) is 26.1 Å². The molecule has 0 aliphatic heterocycles. The first-order chi connectivity index (χ1) is 17.3. The fraction of sp³-hybridized carbons (Fsp3) is 0.529. The van der Waals surface area contributed by atoms with Crippen molar-refractivity contribution in [3.63, 3.8) is 0 Å². The van der Waals surface area contributed by atoms with E-state index in [2.05, 4.69) is 73.4 Å². The maximum absolute atomic E-state index is 5.96. The molecule has 37 heavy (non-hydrogen) atoms. The number of allylic oxidation sites excluding steroid dienone is 5. The van der Waals surface area contributed by atoms with Crippen molar-refractivity contribution in [1.29, 1.82) is 0 Å². The van der Waals surface area contributed by atoms with E-state index in [0.29, 0.717) is 25.7 Å². The van der Waals surface area contributed by atoms with Crippen molar-refractivity contribution in [2.24, 2.45) is 10.8 Å². The van der Waals surface area contributed by atoms with Gasteiger partial charge in [0.05, 0.1) is 19.8 Å². The van der Waals surface area contributed by atoms with Crippen molar-refractivity contribution in [1.82, 2.24) is 0 Å². The molecule has 0 aromatic heterocycles. The Kier molecular flexibility index (Phi) is 16.1. The van der Waals surface area contributed by atoms with Crippen LogP contribution in [0, 0.1) is 10.8 Å². The Hall–Kier alpha value is -2.36. The normalized spacial score (nSPS) is 13.9. The number of ether oxygens (including phenoxy) is 3. The summed E-state index contributed by atoms with van der Waals surface area (Å²) >= 11 is 0. The van der Waals surface area contributed by atoms with E-state index in [1.54, 1.807) is 6.08 Å². The molecule has 208 valence electrons. The van der Waals surface area contributed by atoms with Gasteiger partial charge in [0.1, 0.15) is 5.75 Å². The van der Waals surface area contributed by atoms with Crippen molar-refractivity contribution in [2.45, 2.75) is 87.9 Å². The predicted molar refractivity (Wildman–Crippen MR) is 162 cm³/mol. The van der Waals surface area contributed by atoms with Crippen molar-refractivity contribution in [2.75, 3.05) is 19.8 Å². The summed E-state index contributed by atoms with van der Waals surface area (Å²) < 4.78 is 17.5. The smallest absolute Gasteiger partial charge is 0.197 e. The minimum atomic E-state index is -0.364. The molecule has 1 rings (SSSR count). The Morgan fingerprint density at radius 1 is 0.973 bits per heavy atom. The fourth-order valence-electron chi connectivity index (χ4n) is 3.83. The number of hydrogen-bond acceptors (Lipinski definition) is 3. The van der Waals surface area contributed by atoms with Gasteiger partial charge in [0.2, 0.25) is 0 Å². The summed E-state index contributed by atoms with van der Waals surface area (Å²) in [6.45, 7) is 34.9. The molecule has 0 aliphatic carbocycles. The molecule has 0 spiro atoms. The topological polar surface area (TPSA) is 27.7 Å². The molecule has 0 aliphatic rings. The number of rotatable bonds is 14. The van der Waals surface area contributed by atoms with Crippen LogP contribution in [0.4, 0.5) is 0 Å². The molecule has 0 saturated carbocycles. The zero-order valence-corrected chi connectivity index (χ0v) is 25.4. The van der Waals surface area contributed by atoms with Crippen molar-refractivity contribution in [3.05, 3.63) is 90.6 Å². The van der Waals surface area contributed by atoms with Crippen molar-refractivity contribution >= 4 is 0 Å². The fourth-order valence-corrected chi connectivity index (χ4v) is 3.83. The van der Waals surface area contributed by atoms with Gasteiger partial charge >= 0.3 is 0 Å². The van der Waals surface area contributed by atoms with Gasteiger partial charge in [0.25, 0.3) is 0 Å². The third-order valence-electron chi connectivity index (χ3n) is 5.84. The summed E-state index contributed by atoms with van der Waals surface area (Å²) in [7, 11) is 0. The maximum atomic E-state index is 5.96. The first-order valence-corrected chi connectivity index (χ1v) is 13.6. The van der Waals surface area contributed by atoms with Crippen LogP contribution in [0.1, 0.15) is 87.1 Å². The van der Waals surface area contributed by atoms with Crippen LogP contribution in [0.3, 0.4) is 0 Å². The molecule has 0 radical (unpaired) electrons. The highest BCUT2D eigenvalue weighted by Gasteiger charge is 2.30. The highest BCUT2D eigenvalue weighted by Crippen LogP contribution is 2.43. The quantitative estimate of drug-likeness (QED) is 0.142. The molecular formula is C34H54O3. The molecule has 1 aromatic carbocycles. The summed E-state index contributed by atoms with van der Waals surface area (Å²) in [6.07, 6.45) is 8.22. The van der Waals surface area contributed by atoms with Gasteiger partial charge in [-0.1, -0.05) is 112 Å². The molecule has 1 aromatic rings. The van der Waals surface area contributed by atoms with E-state index in [9.17, 15) is 0 Å². The monoisotopic (exact) mass is 510 g/mol. The van der Waals surface area contributed by atoms with E-state index in [4.69, 9.17) is 14.2 Å². The van der Waals surface area contributed by atoms with Gasteiger partial charge in [-0.25, -0.2) is 0 Å². The Morgan fingerprint density at radius 3 is 2.05 bits per heavy atom. The van der Waals surface area contributed by atoms with E-state index >= 15 is 0 Å². The van der Waals surface area contributed by atoms with E-state index in [-0.39, 0.29) is 17.1 Å². The summed E-state index contributed by atoms with van der Waals surface area (Å²) in [5.41, 5.74) is 4.54. The molecule has 0 fully saturated rings. The average molecular weight is 511 g/mol. The summed E-state index contributed by atoms with van der Waals surface area (Å²) in [4.78, 5) is 0. The second-order valence-electron chi connectivity index (χ2n) is 11.3. The van der Waals surface area contributed by atoms with Gasteiger partial charge in [0, 0.05) is 0 Å². The summed E-state index contributed by atoms with van der Waals surface area (Å²) in [6, 6.07) is 8.47. The molecule has 2 unspecified atom stereocenters. The molecule has 0 bridgehead atoms. The lowest BCUT2D eigenvalue weighted by atomic mass is 9.69. The Morgan fingerprint density at radius 2 is 1.57 bits per heavy atom. The van der Waals surface area contributed by atoms with Crippen molar-refractivity contribution < 1.29 is 14.2 Å². The zero-order valence-electron chi connectivity index (χ0n) is 25.4. The lowest BCUT2D eigenvalue weighted by Gasteiger charge is -2.36. The lowest BCUT2D eigenvalue weighted by Crippen LogP contribution is -2.24. The van der Waals surface area contributed by atoms with Gasteiger partial charge in [-0.2, -0.15) is 0 Å². The molecule has 0 heterocycles. The van der Waals surface area contributed by atoms with Crippen LogP contribution >= 0.6 is 0 Å². The Balaban J connectivity index is 0.00000631.